The minimum Gasteiger partial charge on any atom is -0.313 e. The molecule has 0 heterocycles. The minimum absolute atomic E-state index is 0.300. The Morgan fingerprint density at radius 2 is 1.79 bits per heavy atom. The fourth-order valence-electron chi connectivity index (χ4n) is 1.88. The monoisotopic (exact) mass is 399 g/mol. The molecule has 0 aromatic rings. The van der Waals surface area contributed by atoms with Crippen LogP contribution in [0.3, 0.4) is 0 Å². The molecule has 0 rings (SSSR count). The number of hydrogen-bond donors (Lipinski definition) is 3. The second-order valence-electron chi connectivity index (χ2n) is 6.10. The van der Waals surface area contributed by atoms with E-state index in [1.165, 1.54) is 16.9 Å². The first-order chi connectivity index (χ1) is 10.9. The third-order valence-electron chi connectivity index (χ3n) is 3.16. The van der Waals surface area contributed by atoms with Crippen LogP contribution in [0.25, 0.3) is 0 Å². The number of allylic oxidation sites excluding steroid dienone is 4. The van der Waals surface area contributed by atoms with Crippen molar-refractivity contribution >= 4 is 26.0 Å². The average Bonchev–Trinajstić information content (AvgIpc) is 2.34. The van der Waals surface area contributed by atoms with Crippen molar-refractivity contribution in [3.8, 4) is 0 Å². The second-order valence-corrected chi connectivity index (χ2v) is 11.2. The Kier molecular flexibility index (Phi) is 11.6. The van der Waals surface area contributed by atoms with Gasteiger partial charge in [-0.2, -0.15) is 4.31 Å². The minimum atomic E-state index is -4.96. The lowest BCUT2D eigenvalue weighted by molar-refractivity contribution is 0.270. The van der Waals surface area contributed by atoms with Gasteiger partial charge in [0.05, 0.1) is 0 Å². The van der Waals surface area contributed by atoms with Gasteiger partial charge in [-0.3, -0.25) is 0 Å². The molecular formula is C15H29O6P2S+. The van der Waals surface area contributed by atoms with Crippen molar-refractivity contribution in [2.45, 2.75) is 59.8 Å². The molecule has 0 aliphatic rings. The highest BCUT2D eigenvalue weighted by Crippen LogP contribution is 2.66. The van der Waals surface area contributed by atoms with E-state index in [4.69, 9.17) is 9.79 Å². The molecule has 0 aromatic carbocycles. The molecule has 2 atom stereocenters. The number of phosphoric acid groups is 1. The van der Waals surface area contributed by atoms with Crippen molar-refractivity contribution in [2.75, 3.05) is 0 Å². The molecule has 2 unspecified atom stereocenters. The van der Waals surface area contributed by atoms with E-state index in [9.17, 15) is 14.0 Å². The lowest BCUT2D eigenvalue weighted by Crippen LogP contribution is -1.94. The highest BCUT2D eigenvalue weighted by Gasteiger charge is 2.36. The Labute approximate surface area is 149 Å². The number of hydrogen-bond acceptors (Lipinski definition) is 4. The zero-order valence-corrected chi connectivity index (χ0v) is 17.3. The van der Waals surface area contributed by atoms with Crippen LogP contribution in [-0.2, 0) is 13.4 Å². The maximum absolute atomic E-state index is 11.4. The Balaban J connectivity index is 3.98. The maximum atomic E-state index is 11.4. The summed E-state index contributed by atoms with van der Waals surface area (Å²) < 4.78 is 25.9. The van der Waals surface area contributed by atoms with E-state index >= 15 is 0 Å². The van der Waals surface area contributed by atoms with E-state index in [0.29, 0.717) is 23.7 Å². The quantitative estimate of drug-likeness (QED) is 0.223. The van der Waals surface area contributed by atoms with Gasteiger partial charge in [0, 0.05) is 0 Å². The van der Waals surface area contributed by atoms with E-state index in [1.807, 2.05) is 6.92 Å². The predicted molar refractivity (Wildman–Crippen MR) is 100 cm³/mol. The summed E-state index contributed by atoms with van der Waals surface area (Å²) in [6.07, 6.45) is 8.98. The van der Waals surface area contributed by atoms with Gasteiger partial charge in [0.1, 0.15) is 6.42 Å². The molecule has 0 saturated carbocycles. The first-order valence-corrected chi connectivity index (χ1v) is 12.4. The number of rotatable bonds is 12. The van der Waals surface area contributed by atoms with E-state index < -0.39 is 14.6 Å². The van der Waals surface area contributed by atoms with Crippen LogP contribution in [0.2, 0.25) is 0 Å². The standard InChI is InChI=1S/C15H28O6P2S/c1-13(2)7-5-8-14(3)9-6-10-15(4)11-12-24-23(19,20)21-22(16,17)18/h7,9,12,15H,5-6,8,10-11H2,1-4H3,(H2-,16,17,18,19,20)/p+1/b14-9-. The van der Waals surface area contributed by atoms with Crippen LogP contribution in [0.15, 0.2) is 23.3 Å². The van der Waals surface area contributed by atoms with Crippen LogP contribution in [0.1, 0.15) is 59.8 Å². The largest absolute Gasteiger partial charge is 0.477 e. The van der Waals surface area contributed by atoms with Crippen molar-refractivity contribution in [3.05, 3.63) is 29.1 Å². The molecule has 3 N–H and O–H groups in total. The van der Waals surface area contributed by atoms with Crippen LogP contribution >= 0.6 is 26.0 Å². The summed E-state index contributed by atoms with van der Waals surface area (Å²) >= 11 is 0.437. The highest BCUT2D eigenvalue weighted by molar-refractivity contribution is 8.56. The smallest absolute Gasteiger partial charge is 0.313 e. The van der Waals surface area contributed by atoms with Gasteiger partial charge in [-0.1, -0.05) is 30.2 Å². The van der Waals surface area contributed by atoms with Crippen LogP contribution in [0.4, 0.5) is 0 Å². The van der Waals surface area contributed by atoms with E-state index in [-0.39, 0.29) is 0 Å². The van der Waals surface area contributed by atoms with Crippen molar-refractivity contribution in [1.29, 1.82) is 0 Å². The summed E-state index contributed by atoms with van der Waals surface area (Å²) in [5, 5.41) is 0. The van der Waals surface area contributed by atoms with Crippen LogP contribution in [0, 0.1) is 11.7 Å². The zero-order valence-electron chi connectivity index (χ0n) is 14.7. The molecule has 0 saturated heterocycles. The normalized spacial score (nSPS) is 16.4. The Hall–Kier alpha value is -0.0000000000000000971. The highest BCUT2D eigenvalue weighted by atomic mass is 32.7. The maximum Gasteiger partial charge on any atom is 0.477 e. The van der Waals surface area contributed by atoms with Crippen LogP contribution in [-0.4, -0.2) is 14.7 Å². The van der Waals surface area contributed by atoms with Gasteiger partial charge < -0.3 is 14.7 Å². The molecule has 0 radical (unpaired) electrons. The van der Waals surface area contributed by atoms with Gasteiger partial charge in [0.2, 0.25) is 0 Å². The average molecular weight is 399 g/mol. The summed E-state index contributed by atoms with van der Waals surface area (Å²) in [7, 11) is -4.96. The SMILES string of the molecule is CC(C)=CCC/C(C)=C\CCC(C)C[CH+]SP(=O)(O)OP(=O)(O)O. The summed E-state index contributed by atoms with van der Waals surface area (Å²) in [5.41, 5.74) is 2.68. The van der Waals surface area contributed by atoms with Gasteiger partial charge in [0.15, 0.2) is 17.1 Å². The fraction of sp³-hybridized carbons (Fsp3) is 0.667. The van der Waals surface area contributed by atoms with E-state index in [2.05, 4.69) is 37.2 Å². The molecule has 0 amide bonds. The van der Waals surface area contributed by atoms with E-state index in [0.717, 1.165) is 25.7 Å². The molecule has 0 aromatic heterocycles. The Morgan fingerprint density at radius 1 is 1.17 bits per heavy atom. The van der Waals surface area contributed by atoms with Gasteiger partial charge in [0.25, 0.3) is 0 Å². The predicted octanol–water partition coefficient (Wildman–Crippen LogP) is 5.59. The van der Waals surface area contributed by atoms with Gasteiger partial charge >= 0.3 is 14.6 Å². The lowest BCUT2D eigenvalue weighted by atomic mass is 10.0. The van der Waals surface area contributed by atoms with Gasteiger partial charge in [-0.05, 0) is 52.4 Å². The fourth-order valence-corrected chi connectivity index (χ4v) is 5.66. The topological polar surface area (TPSA) is 104 Å². The summed E-state index contributed by atoms with van der Waals surface area (Å²) in [4.78, 5) is 26.4. The van der Waals surface area contributed by atoms with Gasteiger partial charge in [-0.25, -0.2) is 9.13 Å². The molecule has 0 aliphatic heterocycles. The van der Waals surface area contributed by atoms with Crippen LogP contribution < -0.4 is 0 Å². The molecule has 0 bridgehead atoms. The second kappa shape index (κ2) is 11.6. The molecule has 0 fully saturated rings. The third-order valence-corrected chi connectivity index (χ3v) is 7.29. The molecule has 0 aliphatic carbocycles. The van der Waals surface area contributed by atoms with Crippen molar-refractivity contribution in [3.63, 3.8) is 0 Å². The molecule has 24 heavy (non-hydrogen) atoms. The van der Waals surface area contributed by atoms with Crippen LogP contribution in [0.5, 0.6) is 0 Å². The van der Waals surface area contributed by atoms with E-state index in [1.54, 1.807) is 0 Å². The van der Waals surface area contributed by atoms with Gasteiger partial charge in [-0.15, -0.1) is 0 Å². The Bertz CT molecular complexity index is 522. The van der Waals surface area contributed by atoms with Crippen molar-refractivity contribution < 1.29 is 28.1 Å². The molecule has 140 valence electrons. The van der Waals surface area contributed by atoms with Crippen molar-refractivity contribution in [1.82, 2.24) is 0 Å². The zero-order chi connectivity index (χ0) is 18.8. The molecule has 9 heteroatoms. The lowest BCUT2D eigenvalue weighted by Gasteiger charge is -2.08. The summed E-state index contributed by atoms with van der Waals surface area (Å²) in [5.74, 6) is 1.78. The first kappa shape index (κ1) is 24.0. The third kappa shape index (κ3) is 15.5. The summed E-state index contributed by atoms with van der Waals surface area (Å²) in [6.45, 7) is 3.97. The Morgan fingerprint density at radius 3 is 2.33 bits per heavy atom. The summed E-state index contributed by atoms with van der Waals surface area (Å²) in [6, 6.07) is 0. The molecular weight excluding hydrogens is 370 g/mol. The molecule has 6 nitrogen and oxygen atoms in total. The van der Waals surface area contributed by atoms with Crippen molar-refractivity contribution in [2.24, 2.45) is 5.92 Å². The molecule has 0 spiro atoms. The first-order valence-electron chi connectivity index (χ1n) is 7.80.